The zero-order valence-electron chi connectivity index (χ0n) is 8.39. The molecule has 4 heteroatoms. The maximum Gasteiger partial charge on any atom is 0.184 e. The van der Waals surface area contributed by atoms with Gasteiger partial charge in [-0.1, -0.05) is 29.8 Å². The number of benzene rings is 1. The fourth-order valence-corrected chi connectivity index (χ4v) is 2.33. The van der Waals surface area contributed by atoms with Gasteiger partial charge in [0.2, 0.25) is 0 Å². The third-order valence-electron chi connectivity index (χ3n) is 2.24. The molecule has 2 aromatic rings. The molecular formula is C12H10ClNOS. The van der Waals surface area contributed by atoms with Crippen LogP contribution in [0.1, 0.15) is 21.3 Å². The molecule has 0 aliphatic rings. The van der Waals surface area contributed by atoms with Crippen molar-refractivity contribution in [1.82, 2.24) is 0 Å². The van der Waals surface area contributed by atoms with E-state index < -0.39 is 6.04 Å². The molecule has 0 radical (unpaired) electrons. The third kappa shape index (κ3) is 2.32. The number of carbonyl (C=O) groups excluding carboxylic acids is 1. The van der Waals surface area contributed by atoms with Crippen LogP contribution < -0.4 is 5.73 Å². The average Bonchev–Trinajstić information content (AvgIpc) is 2.80. The highest BCUT2D eigenvalue weighted by molar-refractivity contribution is 7.10. The monoisotopic (exact) mass is 251 g/mol. The number of Topliss-reactive ketones (excluding diaryl/α,β-unsaturated/α-hetero) is 1. The second kappa shape index (κ2) is 4.78. The van der Waals surface area contributed by atoms with Gasteiger partial charge in [-0.15, -0.1) is 11.3 Å². The highest BCUT2D eigenvalue weighted by atomic mass is 35.5. The molecule has 82 valence electrons. The van der Waals surface area contributed by atoms with Crippen molar-refractivity contribution in [1.29, 1.82) is 0 Å². The van der Waals surface area contributed by atoms with Gasteiger partial charge in [-0.25, -0.2) is 0 Å². The van der Waals surface area contributed by atoms with E-state index in [9.17, 15) is 4.79 Å². The predicted molar refractivity (Wildman–Crippen MR) is 67.0 cm³/mol. The first-order valence-electron chi connectivity index (χ1n) is 4.77. The molecule has 1 heterocycles. The minimum Gasteiger partial charge on any atom is -0.317 e. The first-order chi connectivity index (χ1) is 7.68. The normalized spacial score (nSPS) is 12.4. The zero-order valence-corrected chi connectivity index (χ0v) is 9.96. The van der Waals surface area contributed by atoms with Crippen molar-refractivity contribution in [3.05, 3.63) is 57.2 Å². The van der Waals surface area contributed by atoms with E-state index in [0.717, 1.165) is 4.88 Å². The number of rotatable bonds is 3. The highest BCUT2D eigenvalue weighted by Crippen LogP contribution is 2.22. The molecule has 0 aliphatic carbocycles. The lowest BCUT2D eigenvalue weighted by molar-refractivity contribution is 0.0962. The lowest BCUT2D eigenvalue weighted by atomic mass is 10.0. The molecule has 1 aromatic carbocycles. The summed E-state index contributed by atoms with van der Waals surface area (Å²) in [6.45, 7) is 0. The molecule has 1 unspecified atom stereocenters. The zero-order chi connectivity index (χ0) is 11.5. The lowest BCUT2D eigenvalue weighted by Gasteiger charge is -2.08. The van der Waals surface area contributed by atoms with Crippen LogP contribution >= 0.6 is 22.9 Å². The van der Waals surface area contributed by atoms with E-state index in [1.807, 2.05) is 17.5 Å². The van der Waals surface area contributed by atoms with Gasteiger partial charge >= 0.3 is 0 Å². The summed E-state index contributed by atoms with van der Waals surface area (Å²) in [4.78, 5) is 12.9. The number of nitrogens with two attached hydrogens (primary N) is 1. The summed E-state index contributed by atoms with van der Waals surface area (Å²) in [5, 5.41) is 2.45. The van der Waals surface area contributed by atoms with Gasteiger partial charge in [0.1, 0.15) is 6.04 Å². The van der Waals surface area contributed by atoms with Gasteiger partial charge in [0.25, 0.3) is 0 Å². The van der Waals surface area contributed by atoms with E-state index in [2.05, 4.69) is 0 Å². The Labute approximate surface area is 103 Å². The van der Waals surface area contributed by atoms with Gasteiger partial charge in [-0.2, -0.15) is 0 Å². The van der Waals surface area contributed by atoms with Crippen molar-refractivity contribution in [3.8, 4) is 0 Å². The number of hydrogen-bond acceptors (Lipinski definition) is 3. The van der Waals surface area contributed by atoms with Crippen LogP contribution in [0.4, 0.5) is 0 Å². The maximum absolute atomic E-state index is 12.0. The molecule has 0 aliphatic heterocycles. The van der Waals surface area contributed by atoms with Crippen molar-refractivity contribution in [2.45, 2.75) is 6.04 Å². The first-order valence-corrected chi connectivity index (χ1v) is 6.03. The minimum atomic E-state index is -0.599. The molecule has 0 bridgehead atoms. The average molecular weight is 252 g/mol. The summed E-state index contributed by atoms with van der Waals surface area (Å²) in [5.41, 5.74) is 6.43. The molecule has 2 rings (SSSR count). The Bertz CT molecular complexity index is 495. The second-order valence-corrected chi connectivity index (χ2v) is 4.78. The van der Waals surface area contributed by atoms with Crippen LogP contribution in [-0.2, 0) is 0 Å². The van der Waals surface area contributed by atoms with E-state index in [4.69, 9.17) is 17.3 Å². The van der Waals surface area contributed by atoms with Crippen LogP contribution in [-0.4, -0.2) is 5.78 Å². The summed E-state index contributed by atoms with van der Waals surface area (Å²) in [6, 6.07) is 9.98. The summed E-state index contributed by atoms with van der Waals surface area (Å²) in [5.74, 6) is -0.107. The van der Waals surface area contributed by atoms with Gasteiger partial charge < -0.3 is 5.73 Å². The Morgan fingerprint density at radius 1 is 1.31 bits per heavy atom. The van der Waals surface area contributed by atoms with E-state index >= 15 is 0 Å². The predicted octanol–water partition coefficient (Wildman–Crippen LogP) is 3.28. The van der Waals surface area contributed by atoms with Gasteiger partial charge in [0, 0.05) is 15.5 Å². The Morgan fingerprint density at radius 3 is 2.75 bits per heavy atom. The molecular weight excluding hydrogens is 242 g/mol. The summed E-state index contributed by atoms with van der Waals surface area (Å²) >= 11 is 7.31. The first kappa shape index (κ1) is 11.3. The molecule has 0 spiro atoms. The maximum atomic E-state index is 12.0. The Balaban J connectivity index is 2.26. The number of thiophene rings is 1. The topological polar surface area (TPSA) is 43.1 Å². The van der Waals surface area contributed by atoms with Crippen LogP contribution in [0.5, 0.6) is 0 Å². The summed E-state index contributed by atoms with van der Waals surface area (Å²) < 4.78 is 0. The standard InChI is InChI=1S/C12H10ClNOS/c13-9-4-1-3-8(7-9)12(15)11(14)10-5-2-6-16-10/h1-7,11H,14H2. The van der Waals surface area contributed by atoms with Crippen molar-refractivity contribution >= 4 is 28.7 Å². The lowest BCUT2D eigenvalue weighted by Crippen LogP contribution is -2.20. The van der Waals surface area contributed by atoms with Gasteiger partial charge in [0.05, 0.1) is 0 Å². The Morgan fingerprint density at radius 2 is 2.12 bits per heavy atom. The second-order valence-electron chi connectivity index (χ2n) is 3.37. The largest absolute Gasteiger partial charge is 0.317 e. The molecule has 16 heavy (non-hydrogen) atoms. The van der Waals surface area contributed by atoms with Crippen LogP contribution in [0.2, 0.25) is 5.02 Å². The number of carbonyl (C=O) groups is 1. The smallest absolute Gasteiger partial charge is 0.184 e. The Hall–Kier alpha value is -1.16. The molecule has 0 amide bonds. The van der Waals surface area contributed by atoms with Gasteiger partial charge in [0.15, 0.2) is 5.78 Å². The van der Waals surface area contributed by atoms with E-state index in [-0.39, 0.29) is 5.78 Å². The van der Waals surface area contributed by atoms with E-state index in [1.54, 1.807) is 24.3 Å². The quantitative estimate of drug-likeness (QED) is 0.851. The summed E-state index contributed by atoms with van der Waals surface area (Å²) in [7, 11) is 0. The number of hydrogen-bond donors (Lipinski definition) is 1. The molecule has 0 fully saturated rings. The van der Waals surface area contributed by atoms with Crippen LogP contribution in [0.3, 0.4) is 0 Å². The van der Waals surface area contributed by atoms with Crippen molar-refractivity contribution in [2.75, 3.05) is 0 Å². The Kier molecular flexibility index (Phi) is 3.39. The molecule has 2 N–H and O–H groups in total. The van der Waals surface area contributed by atoms with Crippen molar-refractivity contribution in [2.24, 2.45) is 5.73 Å². The van der Waals surface area contributed by atoms with Crippen LogP contribution in [0, 0.1) is 0 Å². The van der Waals surface area contributed by atoms with Gasteiger partial charge in [-0.3, -0.25) is 4.79 Å². The molecule has 1 aromatic heterocycles. The van der Waals surface area contributed by atoms with Crippen molar-refractivity contribution < 1.29 is 4.79 Å². The fraction of sp³-hybridized carbons (Fsp3) is 0.0833. The highest BCUT2D eigenvalue weighted by Gasteiger charge is 2.18. The van der Waals surface area contributed by atoms with E-state index in [0.29, 0.717) is 10.6 Å². The van der Waals surface area contributed by atoms with E-state index in [1.165, 1.54) is 11.3 Å². The number of ketones is 1. The summed E-state index contributed by atoms with van der Waals surface area (Å²) in [6.07, 6.45) is 0. The third-order valence-corrected chi connectivity index (χ3v) is 3.43. The molecule has 0 saturated carbocycles. The SMILES string of the molecule is NC(C(=O)c1cccc(Cl)c1)c1cccs1. The molecule has 0 saturated heterocycles. The minimum absolute atomic E-state index is 0.107. The van der Waals surface area contributed by atoms with Crippen LogP contribution in [0.25, 0.3) is 0 Å². The fourth-order valence-electron chi connectivity index (χ4n) is 1.42. The molecule has 1 atom stereocenters. The molecule has 2 nitrogen and oxygen atoms in total. The van der Waals surface area contributed by atoms with Crippen molar-refractivity contribution in [3.63, 3.8) is 0 Å². The van der Waals surface area contributed by atoms with Crippen LogP contribution in [0.15, 0.2) is 41.8 Å². The van der Waals surface area contributed by atoms with Gasteiger partial charge in [-0.05, 0) is 23.6 Å². The number of halogens is 1.